The first-order valence-corrected chi connectivity index (χ1v) is 8.84. The molecule has 112 valence electrons. The summed E-state index contributed by atoms with van der Waals surface area (Å²) in [7, 11) is 0. The van der Waals surface area contributed by atoms with Crippen LogP contribution in [0.4, 0.5) is 5.69 Å². The van der Waals surface area contributed by atoms with Crippen LogP contribution in [0.1, 0.15) is 39.2 Å². The maximum atomic E-state index is 3.63. The fourth-order valence-corrected chi connectivity index (χ4v) is 4.14. The van der Waals surface area contributed by atoms with E-state index in [0.717, 1.165) is 26.2 Å². The first kappa shape index (κ1) is 15.7. The maximum absolute atomic E-state index is 3.63. The lowest BCUT2D eigenvalue weighted by Crippen LogP contribution is -2.32. The van der Waals surface area contributed by atoms with E-state index in [1.54, 1.807) is 0 Å². The van der Waals surface area contributed by atoms with Crippen molar-refractivity contribution in [1.29, 1.82) is 0 Å². The van der Waals surface area contributed by atoms with Gasteiger partial charge in [0.15, 0.2) is 0 Å². The van der Waals surface area contributed by atoms with E-state index in [4.69, 9.17) is 0 Å². The smallest absolute Gasteiger partial charge is 0.0366 e. The highest BCUT2D eigenvalue weighted by atomic mass is 32.2. The van der Waals surface area contributed by atoms with Crippen LogP contribution in [0.5, 0.6) is 0 Å². The summed E-state index contributed by atoms with van der Waals surface area (Å²) < 4.78 is 0.459. The van der Waals surface area contributed by atoms with Gasteiger partial charge in [0, 0.05) is 36.6 Å². The predicted octanol–water partition coefficient (Wildman–Crippen LogP) is 3.91. The summed E-state index contributed by atoms with van der Waals surface area (Å²) in [4.78, 5) is 2.38. The molecule has 0 radical (unpaired) electrons. The first-order chi connectivity index (χ1) is 9.67. The second-order valence-corrected chi connectivity index (χ2v) is 7.53. The molecule has 0 aliphatic carbocycles. The number of thioether (sulfide) groups is 1. The van der Waals surface area contributed by atoms with Crippen molar-refractivity contribution in [1.82, 2.24) is 5.32 Å². The molecule has 1 aliphatic heterocycles. The van der Waals surface area contributed by atoms with Gasteiger partial charge in [0.1, 0.15) is 0 Å². The fourth-order valence-electron chi connectivity index (χ4n) is 2.86. The molecule has 1 saturated heterocycles. The molecule has 1 atom stereocenters. The Morgan fingerprint density at radius 2 is 1.90 bits per heavy atom. The Morgan fingerprint density at radius 3 is 2.45 bits per heavy atom. The van der Waals surface area contributed by atoms with Crippen LogP contribution in [-0.4, -0.2) is 30.1 Å². The van der Waals surface area contributed by atoms with Crippen LogP contribution in [0, 0.1) is 0 Å². The molecule has 3 heteroatoms. The Kier molecular flexibility index (Phi) is 5.79. The molecule has 1 aromatic carbocycles. The highest BCUT2D eigenvalue weighted by molar-refractivity contribution is 8.00. The third-order valence-corrected chi connectivity index (χ3v) is 5.73. The lowest BCUT2D eigenvalue weighted by Gasteiger charge is -2.23. The molecule has 1 unspecified atom stereocenters. The predicted molar refractivity (Wildman–Crippen MR) is 91.8 cm³/mol. The zero-order valence-corrected chi connectivity index (χ0v) is 13.9. The van der Waals surface area contributed by atoms with Gasteiger partial charge in [-0.05, 0) is 57.1 Å². The highest BCUT2D eigenvalue weighted by Gasteiger charge is 2.28. The zero-order chi connectivity index (χ0) is 14.4. The number of hydrogen-bond acceptors (Lipinski definition) is 3. The SMILES string of the molecule is CCN(CC)c1ccc(CNCC2(C)CCCS2)cc1. The van der Waals surface area contributed by atoms with Crippen molar-refractivity contribution in [2.24, 2.45) is 0 Å². The molecule has 0 bridgehead atoms. The second kappa shape index (κ2) is 7.37. The van der Waals surface area contributed by atoms with Crippen molar-refractivity contribution in [2.75, 3.05) is 30.3 Å². The number of nitrogens with one attached hydrogen (secondary N) is 1. The minimum atomic E-state index is 0.459. The van der Waals surface area contributed by atoms with Gasteiger partial charge in [0.05, 0.1) is 0 Å². The lowest BCUT2D eigenvalue weighted by molar-refractivity contribution is 0.537. The van der Waals surface area contributed by atoms with Gasteiger partial charge >= 0.3 is 0 Å². The summed E-state index contributed by atoms with van der Waals surface area (Å²) in [6, 6.07) is 9.00. The molecule has 0 aromatic heterocycles. The van der Waals surface area contributed by atoms with Crippen molar-refractivity contribution >= 4 is 17.4 Å². The molecule has 1 fully saturated rings. The summed E-state index contributed by atoms with van der Waals surface area (Å²) >= 11 is 2.12. The first-order valence-electron chi connectivity index (χ1n) is 7.85. The molecule has 2 rings (SSSR count). The van der Waals surface area contributed by atoms with Crippen LogP contribution >= 0.6 is 11.8 Å². The summed E-state index contributed by atoms with van der Waals surface area (Å²) in [5, 5.41) is 3.63. The second-order valence-electron chi connectivity index (χ2n) is 5.84. The number of anilines is 1. The van der Waals surface area contributed by atoms with Gasteiger partial charge in [-0.3, -0.25) is 0 Å². The average Bonchev–Trinajstić information content (AvgIpc) is 2.89. The molecule has 1 N–H and O–H groups in total. The van der Waals surface area contributed by atoms with E-state index in [1.165, 1.54) is 29.8 Å². The summed E-state index contributed by atoms with van der Waals surface area (Å²) in [6.07, 6.45) is 2.73. The maximum Gasteiger partial charge on any atom is 0.0366 e. The highest BCUT2D eigenvalue weighted by Crippen LogP contribution is 2.36. The van der Waals surface area contributed by atoms with Crippen LogP contribution in [0.15, 0.2) is 24.3 Å². The number of nitrogens with zero attached hydrogens (tertiary/aromatic N) is 1. The van der Waals surface area contributed by atoms with E-state index in [1.807, 2.05) is 0 Å². The van der Waals surface area contributed by atoms with Crippen molar-refractivity contribution in [3.05, 3.63) is 29.8 Å². The van der Waals surface area contributed by atoms with E-state index in [0.29, 0.717) is 4.75 Å². The number of hydrogen-bond donors (Lipinski definition) is 1. The molecule has 0 saturated carbocycles. The fraction of sp³-hybridized carbons (Fsp3) is 0.647. The van der Waals surface area contributed by atoms with E-state index in [-0.39, 0.29) is 0 Å². The normalized spacial score (nSPS) is 22.1. The van der Waals surface area contributed by atoms with Crippen LogP contribution in [-0.2, 0) is 6.54 Å². The summed E-state index contributed by atoms with van der Waals surface area (Å²) in [5.41, 5.74) is 2.71. The third kappa shape index (κ3) is 4.16. The molecule has 1 aliphatic rings. The summed E-state index contributed by atoms with van der Waals surface area (Å²) in [5.74, 6) is 1.33. The standard InChI is InChI=1S/C17H28N2S/c1-4-19(5-2)16-9-7-15(8-10-16)13-18-14-17(3)11-6-12-20-17/h7-10,18H,4-6,11-14H2,1-3H3. The quantitative estimate of drug-likeness (QED) is 0.820. The Morgan fingerprint density at radius 1 is 1.20 bits per heavy atom. The number of rotatable bonds is 7. The van der Waals surface area contributed by atoms with Gasteiger partial charge in [0.2, 0.25) is 0 Å². The Bertz CT molecular complexity index is 392. The van der Waals surface area contributed by atoms with Crippen molar-refractivity contribution < 1.29 is 0 Å². The molecule has 0 amide bonds. The minimum Gasteiger partial charge on any atom is -0.372 e. The van der Waals surface area contributed by atoms with E-state index >= 15 is 0 Å². The van der Waals surface area contributed by atoms with Gasteiger partial charge in [-0.15, -0.1) is 0 Å². The Hall–Kier alpha value is -0.670. The molecular weight excluding hydrogens is 264 g/mol. The Balaban J connectivity index is 1.81. The van der Waals surface area contributed by atoms with Crippen LogP contribution < -0.4 is 10.2 Å². The van der Waals surface area contributed by atoms with Gasteiger partial charge < -0.3 is 10.2 Å². The van der Waals surface area contributed by atoms with Crippen LogP contribution in [0.2, 0.25) is 0 Å². The van der Waals surface area contributed by atoms with Crippen LogP contribution in [0.25, 0.3) is 0 Å². The van der Waals surface area contributed by atoms with Gasteiger partial charge in [-0.25, -0.2) is 0 Å². The monoisotopic (exact) mass is 292 g/mol. The van der Waals surface area contributed by atoms with Gasteiger partial charge in [-0.2, -0.15) is 11.8 Å². The minimum absolute atomic E-state index is 0.459. The average molecular weight is 292 g/mol. The van der Waals surface area contributed by atoms with Gasteiger partial charge in [0.25, 0.3) is 0 Å². The topological polar surface area (TPSA) is 15.3 Å². The van der Waals surface area contributed by atoms with Crippen LogP contribution in [0.3, 0.4) is 0 Å². The molecule has 0 spiro atoms. The van der Waals surface area contributed by atoms with E-state index in [2.05, 4.69) is 67.0 Å². The Labute approximate surface area is 128 Å². The van der Waals surface area contributed by atoms with Crippen molar-refractivity contribution in [2.45, 2.75) is 44.9 Å². The van der Waals surface area contributed by atoms with E-state index in [9.17, 15) is 0 Å². The van der Waals surface area contributed by atoms with E-state index < -0.39 is 0 Å². The third-order valence-electron chi connectivity index (χ3n) is 4.19. The van der Waals surface area contributed by atoms with Crippen molar-refractivity contribution in [3.8, 4) is 0 Å². The molecule has 1 aromatic rings. The number of benzene rings is 1. The van der Waals surface area contributed by atoms with Gasteiger partial charge in [-0.1, -0.05) is 12.1 Å². The molecule has 1 heterocycles. The largest absolute Gasteiger partial charge is 0.372 e. The zero-order valence-electron chi connectivity index (χ0n) is 13.1. The molecule has 2 nitrogen and oxygen atoms in total. The summed E-state index contributed by atoms with van der Waals surface area (Å²) in [6.45, 7) is 11.1. The lowest BCUT2D eigenvalue weighted by atomic mass is 10.1. The molecule has 20 heavy (non-hydrogen) atoms. The van der Waals surface area contributed by atoms with Crippen molar-refractivity contribution in [3.63, 3.8) is 0 Å². The molecular formula is C17H28N2S.